The molecule has 3 aromatic carbocycles. The Labute approximate surface area is 164 Å². The standard InChI is InChI=1S/C21H14ClFO5/c1-10(24)27-13-3-4-14-16(6-13)18(22)7-17-15-8-19(23)20(28-11(2)25)5-12(15)9-26-21(14)17/h3-8H,9H2,1-2H3. The zero-order chi connectivity index (χ0) is 20.0. The van der Waals surface area contributed by atoms with Crippen molar-refractivity contribution in [3.05, 3.63) is 52.8 Å². The van der Waals surface area contributed by atoms with Crippen molar-refractivity contribution in [2.24, 2.45) is 0 Å². The van der Waals surface area contributed by atoms with Gasteiger partial charge in [0.05, 0.1) is 0 Å². The molecule has 0 aliphatic carbocycles. The minimum atomic E-state index is -0.650. The van der Waals surface area contributed by atoms with E-state index in [4.69, 9.17) is 25.8 Å². The fourth-order valence-electron chi connectivity index (χ4n) is 3.27. The number of benzene rings is 3. The van der Waals surface area contributed by atoms with Gasteiger partial charge in [-0.2, -0.15) is 0 Å². The van der Waals surface area contributed by atoms with E-state index in [1.54, 1.807) is 24.3 Å². The van der Waals surface area contributed by atoms with Gasteiger partial charge in [0.15, 0.2) is 11.6 Å². The molecule has 0 atom stereocenters. The second-order valence-electron chi connectivity index (χ2n) is 6.36. The van der Waals surface area contributed by atoms with Crippen LogP contribution in [0.25, 0.3) is 21.9 Å². The molecule has 0 N–H and O–H groups in total. The van der Waals surface area contributed by atoms with E-state index in [2.05, 4.69) is 0 Å². The van der Waals surface area contributed by atoms with Crippen LogP contribution >= 0.6 is 11.6 Å². The maximum Gasteiger partial charge on any atom is 0.308 e. The van der Waals surface area contributed by atoms with Gasteiger partial charge in [-0.05, 0) is 42.0 Å². The molecule has 0 amide bonds. The maximum absolute atomic E-state index is 14.4. The van der Waals surface area contributed by atoms with Crippen molar-refractivity contribution >= 4 is 34.3 Å². The van der Waals surface area contributed by atoms with Crippen LogP contribution in [0.2, 0.25) is 5.02 Å². The Morgan fingerprint density at radius 2 is 1.75 bits per heavy atom. The molecule has 0 fully saturated rings. The van der Waals surface area contributed by atoms with Crippen molar-refractivity contribution in [3.8, 4) is 28.4 Å². The Hall–Kier alpha value is -3.12. The third kappa shape index (κ3) is 3.16. The molecule has 3 aromatic rings. The lowest BCUT2D eigenvalue weighted by Crippen LogP contribution is -2.09. The Balaban J connectivity index is 1.87. The molecule has 0 radical (unpaired) electrons. The van der Waals surface area contributed by atoms with Crippen LogP contribution in [0.15, 0.2) is 36.4 Å². The van der Waals surface area contributed by atoms with E-state index in [1.165, 1.54) is 26.0 Å². The van der Waals surface area contributed by atoms with Crippen molar-refractivity contribution in [2.75, 3.05) is 0 Å². The fraction of sp³-hybridized carbons (Fsp3) is 0.143. The molecule has 4 rings (SSSR count). The van der Waals surface area contributed by atoms with E-state index in [9.17, 15) is 14.0 Å². The number of halogens is 2. The van der Waals surface area contributed by atoms with E-state index in [1.807, 2.05) is 0 Å². The van der Waals surface area contributed by atoms with Crippen molar-refractivity contribution < 1.29 is 28.2 Å². The lowest BCUT2D eigenvalue weighted by molar-refractivity contribution is -0.132. The summed E-state index contributed by atoms with van der Waals surface area (Å²) in [4.78, 5) is 22.3. The van der Waals surface area contributed by atoms with Gasteiger partial charge in [0.25, 0.3) is 0 Å². The molecule has 28 heavy (non-hydrogen) atoms. The van der Waals surface area contributed by atoms with Crippen molar-refractivity contribution in [1.29, 1.82) is 0 Å². The average Bonchev–Trinajstić information content (AvgIpc) is 2.62. The fourth-order valence-corrected chi connectivity index (χ4v) is 3.53. The van der Waals surface area contributed by atoms with E-state index < -0.39 is 17.8 Å². The molecule has 0 saturated heterocycles. The lowest BCUT2D eigenvalue weighted by atomic mass is 9.93. The second kappa shape index (κ2) is 6.80. The molecule has 0 bridgehead atoms. The molecule has 7 heteroatoms. The molecule has 0 unspecified atom stereocenters. The molecule has 1 aliphatic heterocycles. The second-order valence-corrected chi connectivity index (χ2v) is 6.77. The molecule has 142 valence electrons. The largest absolute Gasteiger partial charge is 0.488 e. The zero-order valence-corrected chi connectivity index (χ0v) is 15.7. The van der Waals surface area contributed by atoms with E-state index in [0.29, 0.717) is 44.0 Å². The maximum atomic E-state index is 14.4. The SMILES string of the molecule is CC(=O)Oc1ccc2c3c(cc(Cl)c2c1)-c1cc(F)c(OC(C)=O)cc1CO3. The third-order valence-corrected chi connectivity index (χ3v) is 4.66. The van der Waals surface area contributed by atoms with Crippen LogP contribution in [0.3, 0.4) is 0 Å². The summed E-state index contributed by atoms with van der Waals surface area (Å²) in [5, 5.41) is 1.77. The number of hydrogen-bond donors (Lipinski definition) is 0. The summed E-state index contributed by atoms with van der Waals surface area (Å²) in [5.74, 6) is -0.901. The Bertz CT molecular complexity index is 1160. The van der Waals surface area contributed by atoms with E-state index in [0.717, 1.165) is 0 Å². The summed E-state index contributed by atoms with van der Waals surface area (Å²) >= 11 is 6.45. The minimum Gasteiger partial charge on any atom is -0.488 e. The monoisotopic (exact) mass is 400 g/mol. The molecule has 0 spiro atoms. The number of rotatable bonds is 2. The first-order valence-electron chi connectivity index (χ1n) is 8.42. The highest BCUT2D eigenvalue weighted by molar-refractivity contribution is 6.36. The van der Waals surface area contributed by atoms with Crippen LogP contribution in [0.5, 0.6) is 17.2 Å². The number of ether oxygens (including phenoxy) is 3. The first kappa shape index (κ1) is 18.3. The number of carbonyl (C=O) groups excluding carboxylic acids is 2. The molecule has 0 aromatic heterocycles. The summed E-state index contributed by atoms with van der Waals surface area (Å²) < 4.78 is 30.3. The predicted molar refractivity (Wildman–Crippen MR) is 101 cm³/mol. The van der Waals surface area contributed by atoms with Crippen molar-refractivity contribution in [2.45, 2.75) is 20.5 Å². The van der Waals surface area contributed by atoms with E-state index >= 15 is 0 Å². The number of fused-ring (bicyclic) bond motifs is 5. The van der Waals surface area contributed by atoms with Gasteiger partial charge in [-0.15, -0.1) is 0 Å². The highest BCUT2D eigenvalue weighted by Crippen LogP contribution is 2.46. The predicted octanol–water partition coefficient (Wildman–Crippen LogP) is 5.04. The summed E-state index contributed by atoms with van der Waals surface area (Å²) in [6, 6.07) is 9.49. The van der Waals surface area contributed by atoms with Gasteiger partial charge in [0, 0.05) is 40.8 Å². The molecule has 0 saturated carbocycles. The average molecular weight is 401 g/mol. The Morgan fingerprint density at radius 3 is 2.46 bits per heavy atom. The van der Waals surface area contributed by atoms with Crippen LogP contribution in [0.4, 0.5) is 4.39 Å². The first-order chi connectivity index (χ1) is 13.3. The minimum absolute atomic E-state index is 0.142. The van der Waals surface area contributed by atoms with Gasteiger partial charge in [0.2, 0.25) is 0 Å². The summed E-state index contributed by atoms with van der Waals surface area (Å²) in [6.07, 6.45) is 0. The molecule has 1 aliphatic rings. The van der Waals surface area contributed by atoms with Gasteiger partial charge in [0.1, 0.15) is 18.1 Å². The highest BCUT2D eigenvalue weighted by atomic mass is 35.5. The first-order valence-corrected chi connectivity index (χ1v) is 8.80. The number of hydrogen-bond acceptors (Lipinski definition) is 5. The van der Waals surface area contributed by atoms with Gasteiger partial charge < -0.3 is 14.2 Å². The van der Waals surface area contributed by atoms with Gasteiger partial charge >= 0.3 is 11.9 Å². The Morgan fingerprint density at radius 1 is 1.00 bits per heavy atom. The van der Waals surface area contributed by atoms with E-state index in [-0.39, 0.29) is 12.4 Å². The molecule has 1 heterocycles. The van der Waals surface area contributed by atoms with Crippen LogP contribution in [-0.2, 0) is 16.2 Å². The smallest absolute Gasteiger partial charge is 0.308 e. The van der Waals surface area contributed by atoms with Crippen molar-refractivity contribution in [3.63, 3.8) is 0 Å². The van der Waals surface area contributed by atoms with Crippen molar-refractivity contribution in [1.82, 2.24) is 0 Å². The van der Waals surface area contributed by atoms with Gasteiger partial charge in [-0.25, -0.2) is 4.39 Å². The number of esters is 2. The number of carbonyl (C=O) groups is 2. The van der Waals surface area contributed by atoms with Gasteiger partial charge in [-0.3, -0.25) is 9.59 Å². The normalized spacial score (nSPS) is 12.0. The summed E-state index contributed by atoms with van der Waals surface area (Å²) in [6.45, 7) is 2.71. The van der Waals surface area contributed by atoms with Crippen LogP contribution < -0.4 is 14.2 Å². The summed E-state index contributed by atoms with van der Waals surface area (Å²) in [7, 11) is 0. The quantitative estimate of drug-likeness (QED) is 0.445. The third-order valence-electron chi connectivity index (χ3n) is 4.34. The van der Waals surface area contributed by atoms with Crippen LogP contribution in [0, 0.1) is 5.82 Å². The molecular weight excluding hydrogens is 387 g/mol. The lowest BCUT2D eigenvalue weighted by Gasteiger charge is -2.24. The van der Waals surface area contributed by atoms with Gasteiger partial charge in [-0.1, -0.05) is 11.6 Å². The zero-order valence-electron chi connectivity index (χ0n) is 15.0. The molecular formula is C21H14ClFO5. The Kier molecular flexibility index (Phi) is 4.43. The van der Waals surface area contributed by atoms with Crippen LogP contribution in [0.1, 0.15) is 19.4 Å². The van der Waals surface area contributed by atoms with Crippen LogP contribution in [-0.4, -0.2) is 11.9 Å². The highest BCUT2D eigenvalue weighted by Gasteiger charge is 2.24. The summed E-state index contributed by atoms with van der Waals surface area (Å²) in [5.41, 5.74) is 1.92. The topological polar surface area (TPSA) is 61.8 Å². The molecule has 5 nitrogen and oxygen atoms in total.